The van der Waals surface area contributed by atoms with Crippen molar-refractivity contribution in [2.45, 2.75) is 6.54 Å². The summed E-state index contributed by atoms with van der Waals surface area (Å²) in [6, 6.07) is 7.90. The Kier molecular flexibility index (Phi) is 5.46. The SMILES string of the molecule is CN(c1ncccc1CNc1ccnc(-c2nc3c(F)cc(Cl)cc3[nH]2)n1)S(C)(=O)=O. The van der Waals surface area contributed by atoms with E-state index >= 15 is 0 Å². The molecule has 3 aromatic heterocycles. The highest BCUT2D eigenvalue weighted by molar-refractivity contribution is 7.92. The largest absolute Gasteiger partial charge is 0.366 e. The molecule has 0 aliphatic heterocycles. The van der Waals surface area contributed by atoms with Crippen LogP contribution in [0.4, 0.5) is 16.0 Å². The molecule has 0 spiro atoms. The van der Waals surface area contributed by atoms with E-state index in [2.05, 4.69) is 30.2 Å². The lowest BCUT2D eigenvalue weighted by Gasteiger charge is -2.19. The van der Waals surface area contributed by atoms with E-state index < -0.39 is 15.8 Å². The number of rotatable bonds is 6. The van der Waals surface area contributed by atoms with Crippen LogP contribution < -0.4 is 9.62 Å². The van der Waals surface area contributed by atoms with Crippen molar-refractivity contribution in [2.24, 2.45) is 0 Å². The van der Waals surface area contributed by atoms with Gasteiger partial charge in [0.05, 0.1) is 11.8 Å². The Morgan fingerprint density at radius 3 is 2.77 bits per heavy atom. The van der Waals surface area contributed by atoms with Gasteiger partial charge in [0.2, 0.25) is 10.0 Å². The maximum atomic E-state index is 14.1. The van der Waals surface area contributed by atoms with Crippen LogP contribution >= 0.6 is 11.6 Å². The Morgan fingerprint density at radius 1 is 1.19 bits per heavy atom. The fourth-order valence-corrected chi connectivity index (χ4v) is 3.60. The van der Waals surface area contributed by atoms with Crippen LogP contribution in [0.2, 0.25) is 5.02 Å². The minimum atomic E-state index is -3.46. The molecule has 0 atom stereocenters. The molecule has 1 aromatic carbocycles. The number of sulfonamides is 1. The van der Waals surface area contributed by atoms with Gasteiger partial charge in [0.25, 0.3) is 0 Å². The van der Waals surface area contributed by atoms with Gasteiger partial charge in [-0.05, 0) is 24.3 Å². The number of aromatic amines is 1. The molecule has 0 saturated heterocycles. The molecule has 0 fully saturated rings. The number of aromatic nitrogens is 5. The zero-order chi connectivity index (χ0) is 22.2. The first-order chi connectivity index (χ1) is 14.7. The molecule has 160 valence electrons. The van der Waals surface area contributed by atoms with Crippen LogP contribution in [0, 0.1) is 5.82 Å². The maximum absolute atomic E-state index is 14.1. The van der Waals surface area contributed by atoms with Gasteiger partial charge in [0.15, 0.2) is 17.5 Å². The summed E-state index contributed by atoms with van der Waals surface area (Å²) in [5, 5.41) is 3.38. The first-order valence-electron chi connectivity index (χ1n) is 9.02. The Hall–Kier alpha value is -3.31. The minimum absolute atomic E-state index is 0.144. The van der Waals surface area contributed by atoms with Gasteiger partial charge in [-0.25, -0.2) is 32.7 Å². The molecule has 2 N–H and O–H groups in total. The van der Waals surface area contributed by atoms with E-state index in [1.807, 2.05) is 0 Å². The third-order valence-electron chi connectivity index (χ3n) is 4.50. The number of anilines is 2. The summed E-state index contributed by atoms with van der Waals surface area (Å²) < 4.78 is 38.9. The van der Waals surface area contributed by atoms with Crippen molar-refractivity contribution in [3.63, 3.8) is 0 Å². The molecule has 0 radical (unpaired) electrons. The Bertz CT molecular complexity index is 1380. The number of pyridine rings is 1. The fraction of sp³-hybridized carbons (Fsp3) is 0.158. The van der Waals surface area contributed by atoms with E-state index in [0.717, 1.165) is 10.6 Å². The summed E-state index contributed by atoms with van der Waals surface area (Å²) in [7, 11) is -2.02. The number of hydrogen-bond acceptors (Lipinski definition) is 7. The molecule has 31 heavy (non-hydrogen) atoms. The normalized spacial score (nSPS) is 11.6. The lowest BCUT2D eigenvalue weighted by Crippen LogP contribution is -2.27. The molecular formula is C19H17ClFN7O2S. The quantitative estimate of drug-likeness (QED) is 0.452. The summed E-state index contributed by atoms with van der Waals surface area (Å²) in [5.41, 5.74) is 1.24. The van der Waals surface area contributed by atoms with E-state index in [-0.39, 0.29) is 22.9 Å². The number of H-pyrrole nitrogens is 1. The molecule has 0 saturated carbocycles. The highest BCUT2D eigenvalue weighted by Crippen LogP contribution is 2.25. The van der Waals surface area contributed by atoms with Crippen molar-refractivity contribution in [2.75, 3.05) is 22.9 Å². The predicted octanol–water partition coefficient (Wildman–Crippen LogP) is 3.22. The van der Waals surface area contributed by atoms with Crippen molar-refractivity contribution in [1.82, 2.24) is 24.9 Å². The van der Waals surface area contributed by atoms with Crippen LogP contribution in [-0.4, -0.2) is 46.6 Å². The molecule has 0 aliphatic rings. The number of fused-ring (bicyclic) bond motifs is 1. The number of nitrogens with one attached hydrogen (secondary N) is 2. The van der Waals surface area contributed by atoms with Gasteiger partial charge in [-0.15, -0.1) is 0 Å². The molecule has 0 unspecified atom stereocenters. The fourth-order valence-electron chi connectivity index (χ4n) is 2.91. The molecule has 12 heteroatoms. The number of imidazole rings is 1. The molecule has 4 aromatic rings. The minimum Gasteiger partial charge on any atom is -0.366 e. The van der Waals surface area contributed by atoms with Crippen molar-refractivity contribution >= 4 is 44.3 Å². The lowest BCUT2D eigenvalue weighted by atomic mass is 10.2. The number of benzene rings is 1. The molecule has 0 amide bonds. The van der Waals surface area contributed by atoms with Gasteiger partial charge in [-0.3, -0.25) is 4.31 Å². The monoisotopic (exact) mass is 461 g/mol. The zero-order valence-electron chi connectivity index (χ0n) is 16.5. The maximum Gasteiger partial charge on any atom is 0.233 e. The van der Waals surface area contributed by atoms with Crippen molar-refractivity contribution in [1.29, 1.82) is 0 Å². The smallest absolute Gasteiger partial charge is 0.233 e. The topological polar surface area (TPSA) is 117 Å². The molecule has 9 nitrogen and oxygen atoms in total. The van der Waals surface area contributed by atoms with Crippen LogP contribution in [0.25, 0.3) is 22.7 Å². The van der Waals surface area contributed by atoms with Crippen LogP contribution in [0.15, 0.2) is 42.7 Å². The second-order valence-corrected chi connectivity index (χ2v) is 9.16. The van der Waals surface area contributed by atoms with E-state index in [1.165, 1.54) is 25.5 Å². The van der Waals surface area contributed by atoms with E-state index in [0.29, 0.717) is 28.5 Å². The summed E-state index contributed by atoms with van der Waals surface area (Å²) in [5.74, 6) is 0.797. The standard InChI is InChI=1S/C19H17ClFN7O2S/c1-28(31(2,29)30)19-11(4-3-6-23-19)10-24-15-5-7-22-17(26-15)18-25-14-9-12(20)8-13(21)16(14)27-18/h3-9H,10H2,1-2H3,(H,25,27)(H,22,24,26). The first-order valence-corrected chi connectivity index (χ1v) is 11.2. The summed E-state index contributed by atoms with van der Waals surface area (Å²) >= 11 is 5.89. The molecule has 4 rings (SSSR count). The van der Waals surface area contributed by atoms with Gasteiger partial charge in [-0.1, -0.05) is 17.7 Å². The summed E-state index contributed by atoms with van der Waals surface area (Å²) in [6.07, 6.45) is 4.17. The first kappa shape index (κ1) is 20.9. The number of halogens is 2. The van der Waals surface area contributed by atoms with E-state index in [4.69, 9.17) is 11.6 Å². The molecule has 0 aliphatic carbocycles. The average Bonchev–Trinajstić information content (AvgIpc) is 3.16. The van der Waals surface area contributed by atoms with Crippen molar-refractivity contribution in [3.05, 3.63) is 59.1 Å². The predicted molar refractivity (Wildman–Crippen MR) is 117 cm³/mol. The van der Waals surface area contributed by atoms with Gasteiger partial charge >= 0.3 is 0 Å². The third-order valence-corrected chi connectivity index (χ3v) is 5.88. The Balaban J connectivity index is 1.59. The molecule has 3 heterocycles. The second kappa shape index (κ2) is 8.08. The number of nitrogens with zero attached hydrogens (tertiary/aromatic N) is 5. The highest BCUT2D eigenvalue weighted by atomic mass is 35.5. The van der Waals surface area contributed by atoms with Crippen molar-refractivity contribution < 1.29 is 12.8 Å². The van der Waals surface area contributed by atoms with Gasteiger partial charge in [0.1, 0.15) is 17.2 Å². The lowest BCUT2D eigenvalue weighted by molar-refractivity contribution is 0.599. The molecule has 0 bridgehead atoms. The van der Waals surface area contributed by atoms with Gasteiger partial charge < -0.3 is 10.3 Å². The van der Waals surface area contributed by atoms with Gasteiger partial charge in [-0.2, -0.15) is 0 Å². The highest BCUT2D eigenvalue weighted by Gasteiger charge is 2.17. The summed E-state index contributed by atoms with van der Waals surface area (Å²) in [6.45, 7) is 0.268. The Labute approximate surface area is 182 Å². The van der Waals surface area contributed by atoms with Gasteiger partial charge in [0, 0.05) is 36.6 Å². The third kappa shape index (κ3) is 4.42. The summed E-state index contributed by atoms with van der Waals surface area (Å²) in [4.78, 5) is 20.0. The van der Waals surface area contributed by atoms with Crippen LogP contribution in [-0.2, 0) is 16.6 Å². The van der Waals surface area contributed by atoms with Crippen molar-refractivity contribution in [3.8, 4) is 11.6 Å². The van der Waals surface area contributed by atoms with Crippen LogP contribution in [0.5, 0.6) is 0 Å². The van der Waals surface area contributed by atoms with E-state index in [9.17, 15) is 12.8 Å². The molecular weight excluding hydrogens is 445 g/mol. The average molecular weight is 462 g/mol. The Morgan fingerprint density at radius 2 is 2.00 bits per heavy atom. The van der Waals surface area contributed by atoms with E-state index in [1.54, 1.807) is 24.3 Å². The second-order valence-electron chi connectivity index (χ2n) is 6.70. The number of hydrogen-bond donors (Lipinski definition) is 2. The zero-order valence-corrected chi connectivity index (χ0v) is 18.0. The van der Waals surface area contributed by atoms with Crippen LogP contribution in [0.1, 0.15) is 5.56 Å². The van der Waals surface area contributed by atoms with Crippen LogP contribution in [0.3, 0.4) is 0 Å².